The van der Waals surface area contributed by atoms with Crippen molar-refractivity contribution in [3.63, 3.8) is 0 Å². The van der Waals surface area contributed by atoms with Crippen LogP contribution in [0, 0.1) is 6.92 Å². The van der Waals surface area contributed by atoms with Gasteiger partial charge in [-0.25, -0.2) is 4.68 Å². The molecule has 0 unspecified atom stereocenters. The predicted molar refractivity (Wildman–Crippen MR) is 125 cm³/mol. The predicted octanol–water partition coefficient (Wildman–Crippen LogP) is 3.92. The van der Waals surface area contributed by atoms with Crippen molar-refractivity contribution in [1.82, 2.24) is 29.7 Å². The highest BCUT2D eigenvalue weighted by molar-refractivity contribution is 5.58. The lowest BCUT2D eigenvalue weighted by Gasteiger charge is -2.11. The molecule has 0 spiro atoms. The largest absolute Gasteiger partial charge is 0.454 e. The summed E-state index contributed by atoms with van der Waals surface area (Å²) in [4.78, 5) is 12.4. The third-order valence-electron chi connectivity index (χ3n) is 5.35. The molecule has 4 rings (SSSR count). The van der Waals surface area contributed by atoms with E-state index in [4.69, 9.17) is 14.0 Å². The minimum absolute atomic E-state index is 0.117. The van der Waals surface area contributed by atoms with Crippen LogP contribution in [0.1, 0.15) is 44.1 Å². The summed E-state index contributed by atoms with van der Waals surface area (Å²) in [5.41, 5.74) is 2.98. The van der Waals surface area contributed by atoms with E-state index < -0.39 is 6.10 Å². The van der Waals surface area contributed by atoms with Gasteiger partial charge in [-0.3, -0.25) is 9.36 Å². The maximum absolute atomic E-state index is 12.4. The number of ether oxygens (including phenoxy) is 2. The summed E-state index contributed by atoms with van der Waals surface area (Å²) in [5, 5.41) is 16.6. The lowest BCUT2D eigenvalue weighted by Crippen LogP contribution is -2.23. The van der Waals surface area contributed by atoms with Crippen molar-refractivity contribution in [2.24, 2.45) is 7.05 Å². The Hall–Kier alpha value is -3.79. The summed E-state index contributed by atoms with van der Waals surface area (Å²) in [7, 11) is 1.76. The number of rotatable bonds is 10. The van der Waals surface area contributed by atoms with E-state index >= 15 is 0 Å². The Morgan fingerprint density at radius 1 is 1.15 bits per heavy atom. The molecule has 0 fully saturated rings. The van der Waals surface area contributed by atoms with Crippen molar-refractivity contribution in [2.75, 3.05) is 6.61 Å². The van der Waals surface area contributed by atoms with Crippen molar-refractivity contribution in [3.8, 4) is 28.7 Å². The third-order valence-corrected chi connectivity index (χ3v) is 5.35. The molecule has 34 heavy (non-hydrogen) atoms. The molecule has 0 bridgehead atoms. The van der Waals surface area contributed by atoms with Gasteiger partial charge in [0.05, 0.1) is 6.20 Å². The number of aromatic nitrogens is 6. The van der Waals surface area contributed by atoms with E-state index in [9.17, 15) is 4.79 Å². The first-order chi connectivity index (χ1) is 16.5. The molecule has 0 saturated carbocycles. The van der Waals surface area contributed by atoms with E-state index in [0.29, 0.717) is 29.4 Å². The SMILES string of the molecule is CCCCOCn1ncc(-c2nnc(O[C@H](C)c3cc(-c4cccc(C)c4)on3)n2C)cc1=O. The Kier molecular flexibility index (Phi) is 7.17. The summed E-state index contributed by atoms with van der Waals surface area (Å²) in [5.74, 6) is 1.13. The van der Waals surface area contributed by atoms with E-state index in [1.165, 1.54) is 10.7 Å². The molecular formula is C24H28N6O4. The van der Waals surface area contributed by atoms with Crippen LogP contribution in [0.3, 0.4) is 0 Å². The van der Waals surface area contributed by atoms with Crippen LogP contribution < -0.4 is 10.3 Å². The van der Waals surface area contributed by atoms with Crippen LogP contribution in [0.2, 0.25) is 0 Å². The smallest absolute Gasteiger partial charge is 0.317 e. The van der Waals surface area contributed by atoms with Crippen molar-refractivity contribution in [1.29, 1.82) is 0 Å². The first-order valence-corrected chi connectivity index (χ1v) is 11.2. The highest BCUT2D eigenvalue weighted by atomic mass is 16.5. The molecule has 10 heteroatoms. The van der Waals surface area contributed by atoms with E-state index in [1.807, 2.05) is 44.2 Å². The first kappa shape index (κ1) is 23.4. The minimum atomic E-state index is -0.426. The van der Waals surface area contributed by atoms with Gasteiger partial charge in [0, 0.05) is 36.9 Å². The highest BCUT2D eigenvalue weighted by Gasteiger charge is 2.19. The molecule has 0 aliphatic carbocycles. The number of hydrogen-bond donors (Lipinski definition) is 0. The van der Waals surface area contributed by atoms with Crippen LogP contribution in [0.5, 0.6) is 6.01 Å². The number of hydrogen-bond acceptors (Lipinski definition) is 8. The molecule has 10 nitrogen and oxygen atoms in total. The van der Waals surface area contributed by atoms with E-state index in [-0.39, 0.29) is 18.3 Å². The number of benzene rings is 1. The second-order valence-corrected chi connectivity index (χ2v) is 8.08. The van der Waals surface area contributed by atoms with Gasteiger partial charge in [-0.1, -0.05) is 47.4 Å². The van der Waals surface area contributed by atoms with Crippen molar-refractivity contribution in [3.05, 3.63) is 64.2 Å². The highest BCUT2D eigenvalue weighted by Crippen LogP contribution is 2.27. The van der Waals surface area contributed by atoms with Crippen molar-refractivity contribution >= 4 is 0 Å². The minimum Gasteiger partial charge on any atom is -0.454 e. The Morgan fingerprint density at radius 3 is 2.76 bits per heavy atom. The molecule has 0 saturated heterocycles. The molecule has 1 aromatic carbocycles. The molecule has 3 aromatic heterocycles. The Morgan fingerprint density at radius 2 is 2.00 bits per heavy atom. The molecule has 0 amide bonds. The summed E-state index contributed by atoms with van der Waals surface area (Å²) >= 11 is 0. The Bertz CT molecular complexity index is 1310. The standard InChI is InChI=1S/C24H28N6O4/c1-5-6-10-32-15-30-22(31)12-19(14-25-30)23-26-27-24(29(23)4)33-17(3)20-13-21(34-28-20)18-9-7-8-16(2)11-18/h7-9,11-14,17H,5-6,10,15H2,1-4H3/t17-/m1/s1. The lowest BCUT2D eigenvalue weighted by atomic mass is 10.1. The van der Waals surface area contributed by atoms with Crippen LogP contribution >= 0.6 is 0 Å². The van der Waals surface area contributed by atoms with Gasteiger partial charge in [0.2, 0.25) is 0 Å². The van der Waals surface area contributed by atoms with Gasteiger partial charge in [0.15, 0.2) is 11.6 Å². The van der Waals surface area contributed by atoms with E-state index in [0.717, 1.165) is 24.0 Å². The monoisotopic (exact) mass is 464 g/mol. The van der Waals surface area contributed by atoms with Gasteiger partial charge in [-0.2, -0.15) is 5.10 Å². The average Bonchev–Trinajstić information content (AvgIpc) is 3.45. The molecular weight excluding hydrogens is 436 g/mol. The van der Waals surface area contributed by atoms with Gasteiger partial charge in [0.1, 0.15) is 18.5 Å². The lowest BCUT2D eigenvalue weighted by molar-refractivity contribution is 0.0635. The molecule has 0 aliphatic heterocycles. The van der Waals surface area contributed by atoms with Crippen molar-refractivity contribution < 1.29 is 14.0 Å². The van der Waals surface area contributed by atoms with Gasteiger partial charge in [-0.15, -0.1) is 5.10 Å². The average molecular weight is 465 g/mol. The molecule has 0 N–H and O–H groups in total. The molecule has 178 valence electrons. The fourth-order valence-corrected chi connectivity index (χ4v) is 3.35. The summed E-state index contributed by atoms with van der Waals surface area (Å²) < 4.78 is 19.9. The summed E-state index contributed by atoms with van der Waals surface area (Å²) in [6, 6.07) is 11.6. The van der Waals surface area contributed by atoms with Crippen LogP contribution in [-0.2, 0) is 18.5 Å². The fourth-order valence-electron chi connectivity index (χ4n) is 3.35. The van der Waals surface area contributed by atoms with Gasteiger partial charge in [0.25, 0.3) is 5.56 Å². The number of unbranched alkanes of at least 4 members (excludes halogenated alkanes) is 1. The second-order valence-electron chi connectivity index (χ2n) is 8.08. The normalized spacial score (nSPS) is 12.1. The van der Waals surface area contributed by atoms with Crippen LogP contribution in [-0.4, -0.2) is 36.3 Å². The fraction of sp³-hybridized carbons (Fsp3) is 0.375. The summed E-state index contributed by atoms with van der Waals surface area (Å²) in [6.07, 6.45) is 3.10. The third kappa shape index (κ3) is 5.23. The Balaban J connectivity index is 1.45. The zero-order chi connectivity index (χ0) is 24.1. The number of nitrogens with zero attached hydrogens (tertiary/aromatic N) is 6. The first-order valence-electron chi connectivity index (χ1n) is 11.2. The summed E-state index contributed by atoms with van der Waals surface area (Å²) in [6.45, 7) is 6.67. The van der Waals surface area contributed by atoms with Crippen LogP contribution in [0.4, 0.5) is 0 Å². The van der Waals surface area contributed by atoms with Gasteiger partial charge in [-0.05, 0) is 26.3 Å². The van der Waals surface area contributed by atoms with Crippen molar-refractivity contribution in [2.45, 2.75) is 46.4 Å². The molecule has 3 heterocycles. The maximum Gasteiger partial charge on any atom is 0.317 e. The topological polar surface area (TPSA) is 110 Å². The van der Waals surface area contributed by atoms with E-state index in [1.54, 1.807) is 17.8 Å². The van der Waals surface area contributed by atoms with Gasteiger partial charge < -0.3 is 14.0 Å². The van der Waals surface area contributed by atoms with E-state index in [2.05, 4.69) is 27.4 Å². The molecule has 0 aliphatic rings. The number of aryl methyl sites for hydroxylation is 1. The maximum atomic E-state index is 12.4. The zero-order valence-corrected chi connectivity index (χ0v) is 19.8. The quantitative estimate of drug-likeness (QED) is 0.325. The van der Waals surface area contributed by atoms with Crippen LogP contribution in [0.25, 0.3) is 22.7 Å². The molecule has 0 radical (unpaired) electrons. The Labute approximate surface area is 197 Å². The van der Waals surface area contributed by atoms with Gasteiger partial charge >= 0.3 is 6.01 Å². The zero-order valence-electron chi connectivity index (χ0n) is 19.8. The molecule has 4 aromatic rings. The van der Waals surface area contributed by atoms with Crippen LogP contribution in [0.15, 0.2) is 51.9 Å². The second kappa shape index (κ2) is 10.4. The molecule has 1 atom stereocenters.